The minimum Gasteiger partial charge on any atom is -0.385 e. The molecule has 5 heteroatoms. The third kappa shape index (κ3) is 3.92. The van der Waals surface area contributed by atoms with Crippen molar-refractivity contribution >= 4 is 11.7 Å². The van der Waals surface area contributed by atoms with Gasteiger partial charge in [-0.05, 0) is 18.9 Å². The molecule has 0 saturated carbocycles. The smallest absolute Gasteiger partial charge is 0.228 e. The van der Waals surface area contributed by atoms with Gasteiger partial charge in [-0.2, -0.15) is 5.10 Å². The molecule has 0 aliphatic rings. The zero-order valence-corrected chi connectivity index (χ0v) is 12.4. The molecule has 5 nitrogen and oxygen atoms in total. The average molecular weight is 287 g/mol. The molecule has 1 heterocycles. The number of carbonyl (C=O) groups is 1. The van der Waals surface area contributed by atoms with Crippen molar-refractivity contribution in [3.05, 3.63) is 48.2 Å². The van der Waals surface area contributed by atoms with Crippen molar-refractivity contribution in [2.75, 3.05) is 5.32 Å². The van der Waals surface area contributed by atoms with Crippen LogP contribution in [0.5, 0.6) is 0 Å². The van der Waals surface area contributed by atoms with Crippen LogP contribution in [0.25, 0.3) is 0 Å². The molecule has 2 rings (SSSR count). The maximum Gasteiger partial charge on any atom is 0.228 e. The molecular weight excluding hydrogens is 266 g/mol. The summed E-state index contributed by atoms with van der Waals surface area (Å²) in [5.41, 5.74) is -0.469. The molecule has 112 valence electrons. The molecule has 0 aliphatic carbocycles. The lowest BCUT2D eigenvalue weighted by molar-refractivity contribution is -0.120. The van der Waals surface area contributed by atoms with E-state index >= 15 is 0 Å². The highest BCUT2D eigenvalue weighted by atomic mass is 16.3. The summed E-state index contributed by atoms with van der Waals surface area (Å²) in [5.74, 6) is 0.424. The Balaban J connectivity index is 2.03. The Morgan fingerprint density at radius 2 is 2.05 bits per heavy atom. The zero-order valence-electron chi connectivity index (χ0n) is 12.4. The second kappa shape index (κ2) is 6.54. The first-order valence-corrected chi connectivity index (χ1v) is 7.12. The van der Waals surface area contributed by atoms with Crippen molar-refractivity contribution in [1.82, 2.24) is 9.78 Å². The van der Waals surface area contributed by atoms with E-state index in [9.17, 15) is 9.90 Å². The number of anilines is 1. The molecule has 0 radical (unpaired) electrons. The molecular formula is C16H21N3O2. The van der Waals surface area contributed by atoms with Gasteiger partial charge < -0.3 is 10.4 Å². The summed E-state index contributed by atoms with van der Waals surface area (Å²) in [6.45, 7) is 4.44. The van der Waals surface area contributed by atoms with Crippen LogP contribution in [0.3, 0.4) is 0 Å². The van der Waals surface area contributed by atoms with Crippen molar-refractivity contribution in [3.63, 3.8) is 0 Å². The van der Waals surface area contributed by atoms with Crippen LogP contribution in [0.15, 0.2) is 42.6 Å². The minimum atomic E-state index is -1.19. The van der Waals surface area contributed by atoms with Gasteiger partial charge in [0.05, 0.1) is 18.2 Å². The third-order valence-corrected chi connectivity index (χ3v) is 3.32. The predicted octanol–water partition coefficient (Wildman–Crippen LogP) is 2.53. The number of carbonyl (C=O) groups excluding carboxylic acids is 1. The number of aromatic nitrogens is 2. The molecule has 0 aliphatic heterocycles. The van der Waals surface area contributed by atoms with Gasteiger partial charge >= 0.3 is 0 Å². The van der Waals surface area contributed by atoms with Gasteiger partial charge in [-0.3, -0.25) is 4.79 Å². The van der Waals surface area contributed by atoms with Gasteiger partial charge in [-0.15, -0.1) is 0 Å². The summed E-state index contributed by atoms with van der Waals surface area (Å²) in [7, 11) is 0. The van der Waals surface area contributed by atoms with E-state index in [4.69, 9.17) is 0 Å². The SMILES string of the molecule is CCCn1nccc1NC(=O)CC(C)(O)c1ccccc1. The van der Waals surface area contributed by atoms with Crippen LogP contribution in [-0.4, -0.2) is 20.8 Å². The minimum absolute atomic E-state index is 0.00564. The number of amides is 1. The number of nitrogens with zero attached hydrogens (tertiary/aromatic N) is 2. The number of aryl methyl sites for hydroxylation is 1. The van der Waals surface area contributed by atoms with Crippen molar-refractivity contribution in [2.45, 2.75) is 38.8 Å². The molecule has 1 aromatic carbocycles. The quantitative estimate of drug-likeness (QED) is 0.858. The molecule has 2 aromatic rings. The number of nitrogens with one attached hydrogen (secondary N) is 1. The molecule has 1 amide bonds. The van der Waals surface area contributed by atoms with Crippen molar-refractivity contribution in [2.24, 2.45) is 0 Å². The van der Waals surface area contributed by atoms with Gasteiger partial charge in [0.25, 0.3) is 0 Å². The lowest BCUT2D eigenvalue weighted by Gasteiger charge is -2.23. The van der Waals surface area contributed by atoms with Gasteiger partial charge in [0.15, 0.2) is 0 Å². The summed E-state index contributed by atoms with van der Waals surface area (Å²) >= 11 is 0. The Bertz CT molecular complexity index is 591. The van der Waals surface area contributed by atoms with Gasteiger partial charge in [-0.1, -0.05) is 37.3 Å². The molecule has 2 N–H and O–H groups in total. The zero-order chi connectivity index (χ0) is 15.3. The highest BCUT2D eigenvalue weighted by Gasteiger charge is 2.26. The summed E-state index contributed by atoms with van der Waals surface area (Å²) in [4.78, 5) is 12.1. The van der Waals surface area contributed by atoms with E-state index in [1.807, 2.05) is 37.3 Å². The fourth-order valence-corrected chi connectivity index (χ4v) is 2.23. The summed E-state index contributed by atoms with van der Waals surface area (Å²) in [6.07, 6.45) is 2.58. The number of hydrogen-bond acceptors (Lipinski definition) is 3. The largest absolute Gasteiger partial charge is 0.385 e. The van der Waals surface area contributed by atoms with Crippen LogP contribution in [0.1, 0.15) is 32.3 Å². The first kappa shape index (κ1) is 15.3. The lowest BCUT2D eigenvalue weighted by Crippen LogP contribution is -2.29. The summed E-state index contributed by atoms with van der Waals surface area (Å²) in [5, 5.41) is 17.4. The lowest BCUT2D eigenvalue weighted by atomic mass is 9.92. The number of benzene rings is 1. The van der Waals surface area contributed by atoms with E-state index in [-0.39, 0.29) is 12.3 Å². The van der Waals surface area contributed by atoms with Crippen LogP contribution in [0.4, 0.5) is 5.82 Å². The summed E-state index contributed by atoms with van der Waals surface area (Å²) < 4.78 is 1.75. The third-order valence-electron chi connectivity index (χ3n) is 3.32. The Kier molecular flexibility index (Phi) is 4.75. The predicted molar refractivity (Wildman–Crippen MR) is 81.8 cm³/mol. The van der Waals surface area contributed by atoms with Crippen molar-refractivity contribution in [3.8, 4) is 0 Å². The van der Waals surface area contributed by atoms with Crippen LogP contribution < -0.4 is 5.32 Å². The monoisotopic (exact) mass is 287 g/mol. The molecule has 0 bridgehead atoms. The fourth-order valence-electron chi connectivity index (χ4n) is 2.23. The maximum absolute atomic E-state index is 12.1. The maximum atomic E-state index is 12.1. The Labute approximate surface area is 124 Å². The van der Waals surface area contributed by atoms with E-state index in [0.717, 1.165) is 18.5 Å². The van der Waals surface area contributed by atoms with Gasteiger partial charge in [0, 0.05) is 12.6 Å². The fraction of sp³-hybridized carbons (Fsp3) is 0.375. The molecule has 21 heavy (non-hydrogen) atoms. The topological polar surface area (TPSA) is 67.2 Å². The number of aliphatic hydroxyl groups is 1. The normalized spacial score (nSPS) is 13.7. The highest BCUT2D eigenvalue weighted by molar-refractivity contribution is 5.90. The molecule has 1 unspecified atom stereocenters. The number of hydrogen-bond donors (Lipinski definition) is 2. The Morgan fingerprint density at radius 3 is 2.71 bits per heavy atom. The van der Waals surface area contributed by atoms with Crippen LogP contribution in [0.2, 0.25) is 0 Å². The Hall–Kier alpha value is -2.14. The van der Waals surface area contributed by atoms with Gasteiger partial charge in [0.2, 0.25) is 5.91 Å². The molecule has 0 saturated heterocycles. The van der Waals surface area contributed by atoms with E-state index in [2.05, 4.69) is 10.4 Å². The Morgan fingerprint density at radius 1 is 1.33 bits per heavy atom. The molecule has 0 fully saturated rings. The van der Waals surface area contributed by atoms with Gasteiger partial charge in [-0.25, -0.2) is 4.68 Å². The van der Waals surface area contributed by atoms with Crippen LogP contribution in [-0.2, 0) is 16.9 Å². The number of rotatable bonds is 6. The van der Waals surface area contributed by atoms with E-state index < -0.39 is 5.60 Å². The van der Waals surface area contributed by atoms with E-state index in [1.165, 1.54) is 0 Å². The standard InChI is InChI=1S/C16H21N3O2/c1-3-11-19-14(9-10-17-19)18-15(20)12-16(2,21)13-7-5-4-6-8-13/h4-10,21H,3,11-12H2,1-2H3,(H,18,20). The highest BCUT2D eigenvalue weighted by Crippen LogP contribution is 2.24. The van der Waals surface area contributed by atoms with E-state index in [1.54, 1.807) is 23.9 Å². The van der Waals surface area contributed by atoms with Crippen molar-refractivity contribution < 1.29 is 9.90 Å². The van der Waals surface area contributed by atoms with Crippen molar-refractivity contribution in [1.29, 1.82) is 0 Å². The van der Waals surface area contributed by atoms with Gasteiger partial charge in [0.1, 0.15) is 5.82 Å². The molecule has 1 aromatic heterocycles. The summed E-state index contributed by atoms with van der Waals surface area (Å²) in [6, 6.07) is 11.0. The molecule has 0 spiro atoms. The average Bonchev–Trinajstić information content (AvgIpc) is 2.87. The van der Waals surface area contributed by atoms with Crippen LogP contribution in [0, 0.1) is 0 Å². The second-order valence-electron chi connectivity index (χ2n) is 5.30. The second-order valence-corrected chi connectivity index (χ2v) is 5.30. The van der Waals surface area contributed by atoms with E-state index in [0.29, 0.717) is 5.82 Å². The van der Waals surface area contributed by atoms with Crippen LogP contribution >= 0.6 is 0 Å². The molecule has 1 atom stereocenters. The first-order chi connectivity index (χ1) is 10.0. The first-order valence-electron chi connectivity index (χ1n) is 7.12.